The molecule has 5 N–H and O–H groups in total. The van der Waals surface area contributed by atoms with Crippen LogP contribution in [0.4, 0.5) is 17.1 Å². The molecule has 0 aliphatic carbocycles. The number of amides is 3. The van der Waals surface area contributed by atoms with Gasteiger partial charge in [-0.2, -0.15) is 0 Å². The number of nitrogens with one attached hydrogen (secondary N) is 1. The van der Waals surface area contributed by atoms with Crippen molar-refractivity contribution in [2.45, 2.75) is 44.8 Å². The van der Waals surface area contributed by atoms with E-state index < -0.39 is 17.4 Å². The van der Waals surface area contributed by atoms with Crippen LogP contribution in [0.5, 0.6) is 0 Å². The van der Waals surface area contributed by atoms with E-state index in [1.54, 1.807) is 66.4 Å². The van der Waals surface area contributed by atoms with Gasteiger partial charge in [0.25, 0.3) is 11.8 Å². The van der Waals surface area contributed by atoms with E-state index >= 15 is 0 Å². The van der Waals surface area contributed by atoms with E-state index in [2.05, 4.69) is 5.32 Å². The first kappa shape index (κ1) is 34.9. The predicted octanol–water partition coefficient (Wildman–Crippen LogP) is 4.00. The molecular formula is C36H42N4O7. The van der Waals surface area contributed by atoms with Gasteiger partial charge in [0.1, 0.15) is 0 Å². The summed E-state index contributed by atoms with van der Waals surface area (Å²) in [5.74, 6) is -2.24. The van der Waals surface area contributed by atoms with Gasteiger partial charge in [-0.25, -0.2) is 0 Å². The quantitative estimate of drug-likeness (QED) is 0.0837. The number of rotatable bonds is 15. The van der Waals surface area contributed by atoms with Gasteiger partial charge in [-0.3, -0.25) is 19.2 Å². The lowest BCUT2D eigenvalue weighted by molar-refractivity contribution is -0.140. The third kappa shape index (κ3) is 8.43. The molecule has 2 atom stereocenters. The van der Waals surface area contributed by atoms with Gasteiger partial charge in [-0.05, 0) is 60.9 Å². The standard InChI is InChI=1S/C36H42N4O7/c1-25(9-8-12-32(42)39(21-22-41)24-26-10-4-3-5-11-26)36(46)30-23-29(38-34(44)27-14-16-28(37)17-15-27)18-19-31(30)40(35(36)45)20-7-6-13-33(43)47-2/h3-5,8-11,14-19,23,25,41,46H,6-7,12-13,20-22,24,37H2,1-2H3,(H,38,44)/b9-8+/t25-,36+/m0/s1. The number of nitrogen functional groups attached to an aromatic ring is 1. The molecule has 1 heterocycles. The number of carbonyl (C=O) groups excluding carboxylic acids is 4. The molecule has 3 aromatic rings. The minimum atomic E-state index is -1.99. The van der Waals surface area contributed by atoms with Crippen molar-refractivity contribution in [3.8, 4) is 0 Å². The van der Waals surface area contributed by atoms with E-state index in [1.165, 1.54) is 12.0 Å². The Morgan fingerprint density at radius 2 is 1.79 bits per heavy atom. The van der Waals surface area contributed by atoms with Gasteiger partial charge in [0.05, 0.1) is 19.4 Å². The number of methoxy groups -OCH3 is 1. The molecule has 248 valence electrons. The summed E-state index contributed by atoms with van der Waals surface area (Å²) in [6, 6.07) is 20.8. The highest BCUT2D eigenvalue weighted by Crippen LogP contribution is 2.46. The number of ether oxygens (including phenoxy) is 1. The SMILES string of the molecule is COC(=O)CCCCN1C(=O)[C@@](O)([C@@H](C)/C=C/CC(=O)N(CCO)Cc2ccccc2)c2cc(NC(=O)c3ccc(N)cc3)ccc21. The minimum absolute atomic E-state index is 0.00320. The van der Waals surface area contributed by atoms with Crippen molar-refractivity contribution in [2.75, 3.05) is 42.8 Å². The molecule has 3 aromatic carbocycles. The average molecular weight is 643 g/mol. The van der Waals surface area contributed by atoms with Crippen molar-refractivity contribution < 1.29 is 34.1 Å². The number of nitrogens with two attached hydrogens (primary N) is 1. The number of anilines is 3. The highest BCUT2D eigenvalue weighted by molar-refractivity contribution is 6.09. The molecule has 0 saturated carbocycles. The van der Waals surface area contributed by atoms with Crippen LogP contribution in [0.1, 0.15) is 54.1 Å². The second kappa shape index (κ2) is 16.0. The van der Waals surface area contributed by atoms with Crippen LogP contribution in [-0.2, 0) is 31.3 Å². The summed E-state index contributed by atoms with van der Waals surface area (Å²) in [7, 11) is 1.32. The largest absolute Gasteiger partial charge is 0.469 e. The van der Waals surface area contributed by atoms with E-state index in [4.69, 9.17) is 10.5 Å². The molecular weight excluding hydrogens is 600 g/mol. The number of carbonyl (C=O) groups is 4. The maximum atomic E-state index is 13.9. The van der Waals surface area contributed by atoms with Gasteiger partial charge >= 0.3 is 5.97 Å². The number of aliphatic hydroxyl groups excluding tert-OH is 1. The Bertz CT molecular complexity index is 1590. The fourth-order valence-electron chi connectivity index (χ4n) is 5.58. The third-order valence-electron chi connectivity index (χ3n) is 8.26. The molecule has 0 saturated heterocycles. The van der Waals surface area contributed by atoms with Gasteiger partial charge in [0.2, 0.25) is 5.91 Å². The molecule has 11 nitrogen and oxygen atoms in total. The van der Waals surface area contributed by atoms with E-state index in [9.17, 15) is 29.4 Å². The lowest BCUT2D eigenvalue weighted by Gasteiger charge is -2.28. The number of hydrogen-bond acceptors (Lipinski definition) is 8. The lowest BCUT2D eigenvalue weighted by Crippen LogP contribution is -2.44. The van der Waals surface area contributed by atoms with Crippen molar-refractivity contribution in [2.24, 2.45) is 5.92 Å². The summed E-state index contributed by atoms with van der Waals surface area (Å²) >= 11 is 0. The molecule has 0 fully saturated rings. The monoisotopic (exact) mass is 642 g/mol. The molecule has 4 rings (SSSR count). The van der Waals surface area contributed by atoms with Crippen molar-refractivity contribution in [3.63, 3.8) is 0 Å². The number of hydrogen-bond donors (Lipinski definition) is 4. The van der Waals surface area contributed by atoms with Crippen LogP contribution in [0.25, 0.3) is 0 Å². The minimum Gasteiger partial charge on any atom is -0.469 e. The van der Waals surface area contributed by atoms with E-state index in [1.807, 2.05) is 30.3 Å². The Kier molecular flexibility index (Phi) is 11.9. The maximum Gasteiger partial charge on any atom is 0.305 e. The number of nitrogens with zero attached hydrogens (tertiary/aromatic N) is 2. The van der Waals surface area contributed by atoms with E-state index in [0.29, 0.717) is 47.6 Å². The summed E-state index contributed by atoms with van der Waals surface area (Å²) in [6.07, 6.45) is 4.45. The highest BCUT2D eigenvalue weighted by Gasteiger charge is 2.52. The molecule has 11 heteroatoms. The summed E-state index contributed by atoms with van der Waals surface area (Å²) in [5.41, 5.74) is 6.80. The average Bonchev–Trinajstić information content (AvgIpc) is 3.29. The lowest BCUT2D eigenvalue weighted by atomic mass is 9.82. The van der Waals surface area contributed by atoms with Gasteiger partial charge in [-0.15, -0.1) is 0 Å². The smallest absolute Gasteiger partial charge is 0.305 e. The van der Waals surface area contributed by atoms with Crippen molar-refractivity contribution >= 4 is 40.8 Å². The molecule has 0 unspecified atom stereocenters. The van der Waals surface area contributed by atoms with Gasteiger partial charge in [-0.1, -0.05) is 49.4 Å². The zero-order valence-electron chi connectivity index (χ0n) is 26.7. The molecule has 0 radical (unpaired) electrons. The van der Waals surface area contributed by atoms with E-state index in [0.717, 1.165) is 5.56 Å². The van der Waals surface area contributed by atoms with Crippen LogP contribution in [0.2, 0.25) is 0 Å². The van der Waals surface area contributed by atoms with Crippen LogP contribution >= 0.6 is 0 Å². The van der Waals surface area contributed by atoms with Crippen LogP contribution in [0, 0.1) is 5.92 Å². The second-order valence-electron chi connectivity index (χ2n) is 11.5. The molecule has 3 amide bonds. The zero-order chi connectivity index (χ0) is 34.0. The fourth-order valence-corrected chi connectivity index (χ4v) is 5.58. The van der Waals surface area contributed by atoms with Crippen molar-refractivity contribution in [3.05, 3.63) is 102 Å². The van der Waals surface area contributed by atoms with Crippen LogP contribution in [0.15, 0.2) is 84.9 Å². The fraction of sp³-hybridized carbons (Fsp3) is 0.333. The number of aliphatic hydroxyl groups is 2. The summed E-state index contributed by atoms with van der Waals surface area (Å²) in [6.45, 7) is 2.28. The van der Waals surface area contributed by atoms with Crippen LogP contribution in [-0.4, -0.2) is 65.6 Å². The number of unbranched alkanes of at least 4 members (excludes halogenated alkanes) is 1. The Hall–Kier alpha value is -5.00. The topological polar surface area (TPSA) is 162 Å². The zero-order valence-corrected chi connectivity index (χ0v) is 26.7. The van der Waals surface area contributed by atoms with E-state index in [-0.39, 0.29) is 50.3 Å². The van der Waals surface area contributed by atoms with Crippen LogP contribution in [0.3, 0.4) is 0 Å². The molecule has 47 heavy (non-hydrogen) atoms. The Balaban J connectivity index is 1.55. The Morgan fingerprint density at radius 3 is 2.47 bits per heavy atom. The van der Waals surface area contributed by atoms with Crippen molar-refractivity contribution in [1.82, 2.24) is 4.90 Å². The number of esters is 1. The first-order chi connectivity index (χ1) is 22.6. The number of fused-ring (bicyclic) bond motifs is 1. The highest BCUT2D eigenvalue weighted by atomic mass is 16.5. The second-order valence-corrected chi connectivity index (χ2v) is 11.5. The maximum absolute atomic E-state index is 13.9. The van der Waals surface area contributed by atoms with Gasteiger partial charge < -0.3 is 35.8 Å². The summed E-state index contributed by atoms with van der Waals surface area (Å²) < 4.78 is 4.71. The number of benzene rings is 3. The molecule has 0 spiro atoms. The molecule has 1 aliphatic heterocycles. The predicted molar refractivity (Wildman–Crippen MR) is 179 cm³/mol. The Morgan fingerprint density at radius 1 is 1.06 bits per heavy atom. The van der Waals surface area contributed by atoms with Crippen LogP contribution < -0.4 is 16.0 Å². The normalized spacial score (nSPS) is 16.2. The summed E-state index contributed by atoms with van der Waals surface area (Å²) in [4.78, 5) is 54.6. The van der Waals surface area contributed by atoms with Crippen molar-refractivity contribution in [1.29, 1.82) is 0 Å². The Labute approximate surface area is 274 Å². The molecule has 0 aromatic heterocycles. The third-order valence-corrected chi connectivity index (χ3v) is 8.26. The molecule has 1 aliphatic rings. The first-order valence-corrected chi connectivity index (χ1v) is 15.6. The van der Waals surface area contributed by atoms with Gasteiger partial charge in [0.15, 0.2) is 5.60 Å². The first-order valence-electron chi connectivity index (χ1n) is 15.6. The molecule has 0 bridgehead atoms. The van der Waals surface area contributed by atoms with Gasteiger partial charge in [0, 0.05) is 60.9 Å². The summed E-state index contributed by atoms with van der Waals surface area (Å²) in [5, 5.41) is 24.5.